The Hall–Kier alpha value is -3.26. The number of hydrogen-bond acceptors (Lipinski definition) is 6. The lowest BCUT2D eigenvalue weighted by Gasteiger charge is -2.36. The van der Waals surface area contributed by atoms with E-state index in [1.54, 1.807) is 37.8 Å². The minimum Gasteiger partial charge on any atom is -0.390 e. The SMILES string of the molecule is Cc1cc(C(=O)N2CCC(C)(O)CC2)cc(C)c1C=CS(=O)(=O)N1CCC2(CC1)N=C(c1ccc(C(F)(F)F)c(Cl)c1)NC2=O. The largest absolute Gasteiger partial charge is 0.417 e. The van der Waals surface area contributed by atoms with Crippen molar-refractivity contribution in [1.82, 2.24) is 14.5 Å². The van der Waals surface area contributed by atoms with Gasteiger partial charge in [-0.25, -0.2) is 8.42 Å². The summed E-state index contributed by atoms with van der Waals surface area (Å²) in [5.74, 6) is -0.492. The highest BCUT2D eigenvalue weighted by Crippen LogP contribution is 2.37. The summed E-state index contributed by atoms with van der Waals surface area (Å²) < 4.78 is 67.0. The number of aliphatic imine (C=N–C) groups is 1. The summed E-state index contributed by atoms with van der Waals surface area (Å²) in [5, 5.41) is 13.4. The van der Waals surface area contributed by atoms with Crippen molar-refractivity contribution in [3.05, 3.63) is 74.1 Å². The van der Waals surface area contributed by atoms with Crippen LogP contribution < -0.4 is 5.32 Å². The molecule has 2 aromatic carbocycles. The fraction of sp³-hybridized carbons (Fsp3) is 0.452. The van der Waals surface area contributed by atoms with Gasteiger partial charge in [-0.05, 0) is 93.5 Å². The van der Waals surface area contributed by atoms with Crippen LogP contribution in [-0.2, 0) is 21.0 Å². The van der Waals surface area contributed by atoms with E-state index < -0.39 is 43.8 Å². The molecule has 3 aliphatic heterocycles. The van der Waals surface area contributed by atoms with Crippen LogP contribution in [0, 0.1) is 13.8 Å². The van der Waals surface area contributed by atoms with Crippen LogP contribution in [0.25, 0.3) is 6.08 Å². The number of hydrogen-bond donors (Lipinski definition) is 2. The topological polar surface area (TPSA) is 119 Å². The fourth-order valence-electron chi connectivity index (χ4n) is 5.97. The zero-order valence-corrected chi connectivity index (χ0v) is 26.6. The van der Waals surface area contributed by atoms with E-state index >= 15 is 0 Å². The number of rotatable bonds is 5. The molecule has 14 heteroatoms. The van der Waals surface area contributed by atoms with E-state index in [9.17, 15) is 36.3 Å². The van der Waals surface area contributed by atoms with Gasteiger partial charge in [-0.15, -0.1) is 0 Å². The molecule has 3 heterocycles. The van der Waals surface area contributed by atoms with Gasteiger partial charge in [0.25, 0.3) is 11.8 Å². The number of piperidine rings is 2. The number of likely N-dealkylation sites (tertiary alicyclic amines) is 1. The average Bonchev–Trinajstić information content (AvgIpc) is 3.26. The average molecular weight is 667 g/mol. The monoisotopic (exact) mass is 666 g/mol. The first-order valence-electron chi connectivity index (χ1n) is 14.5. The Morgan fingerprint density at radius 3 is 2.20 bits per heavy atom. The van der Waals surface area contributed by atoms with E-state index in [4.69, 9.17) is 11.6 Å². The zero-order valence-electron chi connectivity index (χ0n) is 25.0. The van der Waals surface area contributed by atoms with Crippen LogP contribution in [0.4, 0.5) is 13.2 Å². The molecule has 2 aromatic rings. The molecule has 0 aliphatic carbocycles. The Morgan fingerprint density at radius 2 is 1.64 bits per heavy atom. The number of carbonyl (C=O) groups is 2. The standard InChI is InChI=1S/C31H34ClF3N4O5S/c1-19-16-22(27(40)38-11-7-29(3,42)8-12-38)17-20(2)23(19)6-15-45(43,44)39-13-9-30(10-14-39)28(41)36-26(37-30)21-4-5-24(25(32)18-21)31(33,34)35/h4-6,15-18,42H,7-14H2,1-3H3,(H,36,37,41). The van der Waals surface area contributed by atoms with Gasteiger partial charge in [0.1, 0.15) is 11.4 Å². The van der Waals surface area contributed by atoms with Crippen LogP contribution in [0.15, 0.2) is 40.7 Å². The summed E-state index contributed by atoms with van der Waals surface area (Å²) in [6.45, 7) is 6.31. The minimum absolute atomic E-state index is 0.0127. The van der Waals surface area contributed by atoms with E-state index in [1.165, 1.54) is 16.4 Å². The van der Waals surface area contributed by atoms with Crippen molar-refractivity contribution in [2.45, 2.75) is 63.8 Å². The zero-order chi connectivity index (χ0) is 32.9. The molecule has 9 nitrogen and oxygen atoms in total. The molecule has 0 unspecified atom stereocenters. The number of halogens is 4. The number of benzene rings is 2. The Kier molecular flexibility index (Phi) is 8.71. The maximum Gasteiger partial charge on any atom is 0.417 e. The van der Waals surface area contributed by atoms with Gasteiger partial charge in [-0.1, -0.05) is 17.7 Å². The predicted octanol–water partition coefficient (Wildman–Crippen LogP) is 4.67. The second-order valence-electron chi connectivity index (χ2n) is 12.2. The van der Waals surface area contributed by atoms with Crippen molar-refractivity contribution < 1.29 is 36.3 Å². The van der Waals surface area contributed by atoms with E-state index in [2.05, 4.69) is 10.3 Å². The third kappa shape index (κ3) is 6.81. The van der Waals surface area contributed by atoms with Gasteiger partial charge in [0.2, 0.25) is 10.0 Å². The smallest absolute Gasteiger partial charge is 0.390 e. The molecule has 45 heavy (non-hydrogen) atoms. The van der Waals surface area contributed by atoms with Crippen molar-refractivity contribution in [1.29, 1.82) is 0 Å². The van der Waals surface area contributed by atoms with Crippen molar-refractivity contribution >= 4 is 45.4 Å². The summed E-state index contributed by atoms with van der Waals surface area (Å²) in [6.07, 6.45) is -1.95. The highest BCUT2D eigenvalue weighted by atomic mass is 35.5. The molecular formula is C31H34ClF3N4O5S. The molecular weight excluding hydrogens is 633 g/mol. The first-order chi connectivity index (χ1) is 20.9. The number of amides is 2. The number of nitrogens with zero attached hydrogens (tertiary/aromatic N) is 3. The first-order valence-corrected chi connectivity index (χ1v) is 16.4. The Bertz CT molecular complexity index is 1680. The molecule has 3 aliphatic rings. The summed E-state index contributed by atoms with van der Waals surface area (Å²) in [5.41, 5.74) is -0.146. The summed E-state index contributed by atoms with van der Waals surface area (Å²) in [6, 6.07) is 6.57. The van der Waals surface area contributed by atoms with Crippen molar-refractivity contribution in [2.75, 3.05) is 26.2 Å². The van der Waals surface area contributed by atoms with E-state index in [0.29, 0.717) is 37.1 Å². The number of sulfonamides is 1. The summed E-state index contributed by atoms with van der Waals surface area (Å²) in [7, 11) is -3.87. The quantitative estimate of drug-likeness (QED) is 0.481. The molecule has 2 saturated heterocycles. The third-order valence-electron chi connectivity index (χ3n) is 8.81. The van der Waals surface area contributed by atoms with E-state index in [1.807, 2.05) is 0 Å². The van der Waals surface area contributed by atoms with Gasteiger partial charge in [-0.3, -0.25) is 14.6 Å². The van der Waals surface area contributed by atoms with Crippen LogP contribution in [-0.4, -0.2) is 77.7 Å². The highest BCUT2D eigenvalue weighted by molar-refractivity contribution is 7.92. The van der Waals surface area contributed by atoms with Crippen LogP contribution in [0.3, 0.4) is 0 Å². The third-order valence-corrected chi connectivity index (χ3v) is 10.7. The van der Waals surface area contributed by atoms with Gasteiger partial charge < -0.3 is 15.3 Å². The molecule has 0 radical (unpaired) electrons. The maximum atomic E-state index is 13.3. The second-order valence-corrected chi connectivity index (χ2v) is 14.4. The maximum absolute atomic E-state index is 13.3. The molecule has 2 fully saturated rings. The van der Waals surface area contributed by atoms with E-state index in [-0.39, 0.29) is 43.2 Å². The van der Waals surface area contributed by atoms with Gasteiger partial charge in [0.05, 0.1) is 16.2 Å². The molecule has 0 atom stereocenters. The lowest BCUT2D eigenvalue weighted by atomic mass is 9.89. The van der Waals surface area contributed by atoms with Crippen LogP contribution >= 0.6 is 11.6 Å². The number of aliphatic hydroxyl groups is 1. The van der Waals surface area contributed by atoms with Crippen molar-refractivity contribution in [2.24, 2.45) is 4.99 Å². The molecule has 2 amide bonds. The molecule has 242 valence electrons. The number of amidine groups is 1. The lowest BCUT2D eigenvalue weighted by molar-refractivity contribution is -0.137. The van der Waals surface area contributed by atoms with Gasteiger partial charge in [-0.2, -0.15) is 17.5 Å². The molecule has 1 spiro atoms. The highest BCUT2D eigenvalue weighted by Gasteiger charge is 2.47. The van der Waals surface area contributed by atoms with Gasteiger partial charge >= 0.3 is 6.18 Å². The lowest BCUT2D eigenvalue weighted by Crippen LogP contribution is -2.50. The predicted molar refractivity (Wildman–Crippen MR) is 164 cm³/mol. The summed E-state index contributed by atoms with van der Waals surface area (Å²) in [4.78, 5) is 32.2. The second kappa shape index (κ2) is 11.8. The van der Waals surface area contributed by atoms with Crippen LogP contribution in [0.1, 0.15) is 70.8 Å². The fourth-order valence-corrected chi connectivity index (χ4v) is 7.43. The number of aryl methyl sites for hydroxylation is 2. The van der Waals surface area contributed by atoms with Crippen LogP contribution in [0.5, 0.6) is 0 Å². The number of nitrogens with one attached hydrogen (secondary N) is 1. The van der Waals surface area contributed by atoms with Crippen LogP contribution in [0.2, 0.25) is 5.02 Å². The number of alkyl halides is 3. The van der Waals surface area contributed by atoms with Gasteiger partial charge in [0, 0.05) is 42.7 Å². The first kappa shape index (κ1) is 33.1. The summed E-state index contributed by atoms with van der Waals surface area (Å²) >= 11 is 5.84. The molecule has 0 saturated carbocycles. The molecule has 0 bridgehead atoms. The normalized spacial score (nSPS) is 20.5. The van der Waals surface area contributed by atoms with Crippen molar-refractivity contribution in [3.63, 3.8) is 0 Å². The number of carbonyl (C=O) groups excluding carboxylic acids is 2. The van der Waals surface area contributed by atoms with E-state index in [0.717, 1.165) is 28.7 Å². The Balaban J connectivity index is 1.26. The molecule has 0 aromatic heterocycles. The van der Waals surface area contributed by atoms with Gasteiger partial charge in [0.15, 0.2) is 0 Å². The molecule has 5 rings (SSSR count). The Labute approximate surface area is 264 Å². The molecule has 2 N–H and O–H groups in total. The van der Waals surface area contributed by atoms with Crippen molar-refractivity contribution in [3.8, 4) is 0 Å². The minimum atomic E-state index is -4.62. The Morgan fingerprint density at radius 1 is 1.04 bits per heavy atom.